The molecule has 0 nitrogen and oxygen atoms in total. The lowest BCUT2D eigenvalue weighted by Crippen LogP contribution is -1.97. The van der Waals surface area contributed by atoms with Crippen LogP contribution in [-0.4, -0.2) is 0 Å². The first kappa shape index (κ1) is 9.66. The molecule has 1 unspecified atom stereocenters. The number of halogens is 3. The minimum atomic E-state index is -1.46. The molecule has 1 aromatic rings. The Balaban J connectivity index is 3.22. The molecule has 0 radical (unpaired) electrons. The highest BCUT2D eigenvalue weighted by Crippen LogP contribution is 2.19. The highest BCUT2D eigenvalue weighted by molar-refractivity contribution is 5.27. The number of hydrogen-bond donors (Lipinski definition) is 0. The highest BCUT2D eigenvalue weighted by Gasteiger charge is 2.12. The van der Waals surface area contributed by atoms with E-state index in [2.05, 4.69) is 5.92 Å². The van der Waals surface area contributed by atoms with Crippen molar-refractivity contribution in [1.82, 2.24) is 0 Å². The molecule has 0 aromatic heterocycles. The SMILES string of the molecule is C#CC(C)c1cc(F)c(F)c(F)c1. The van der Waals surface area contributed by atoms with Gasteiger partial charge in [-0.25, -0.2) is 13.2 Å². The standard InChI is InChI=1S/C10H7F3/c1-3-6(2)7-4-8(11)10(13)9(12)5-7/h1,4-6H,2H3. The Morgan fingerprint density at radius 3 is 2.08 bits per heavy atom. The predicted octanol–water partition coefficient (Wildman–Crippen LogP) is 2.84. The largest absolute Gasteiger partial charge is 0.204 e. The van der Waals surface area contributed by atoms with Crippen LogP contribution in [0.3, 0.4) is 0 Å². The molecular formula is C10H7F3. The van der Waals surface area contributed by atoms with Crippen molar-refractivity contribution < 1.29 is 13.2 Å². The lowest BCUT2D eigenvalue weighted by molar-refractivity contribution is 0.445. The maximum Gasteiger partial charge on any atom is 0.194 e. The Hall–Kier alpha value is -1.43. The highest BCUT2D eigenvalue weighted by atomic mass is 19.2. The number of benzene rings is 1. The van der Waals surface area contributed by atoms with Crippen LogP contribution in [0.2, 0.25) is 0 Å². The molecule has 0 bridgehead atoms. The molecule has 0 saturated carbocycles. The van der Waals surface area contributed by atoms with E-state index in [1.165, 1.54) is 0 Å². The summed E-state index contributed by atoms with van der Waals surface area (Å²) in [6.45, 7) is 1.60. The molecule has 0 fully saturated rings. The second kappa shape index (κ2) is 3.53. The Morgan fingerprint density at radius 1 is 1.23 bits per heavy atom. The molecule has 1 atom stereocenters. The normalized spacial score (nSPS) is 12.2. The lowest BCUT2D eigenvalue weighted by atomic mass is 10.0. The third kappa shape index (κ3) is 1.83. The number of terminal acetylenes is 1. The number of rotatable bonds is 1. The summed E-state index contributed by atoms with van der Waals surface area (Å²) in [7, 11) is 0. The average molecular weight is 184 g/mol. The Labute approximate surface area is 74.4 Å². The van der Waals surface area contributed by atoms with Crippen molar-refractivity contribution in [2.24, 2.45) is 0 Å². The first-order valence-corrected chi connectivity index (χ1v) is 3.67. The van der Waals surface area contributed by atoms with Gasteiger partial charge in [0.1, 0.15) is 0 Å². The second-order valence-electron chi connectivity index (χ2n) is 2.69. The van der Waals surface area contributed by atoms with Gasteiger partial charge in [0, 0.05) is 5.92 Å². The van der Waals surface area contributed by atoms with Crippen LogP contribution in [0.1, 0.15) is 18.4 Å². The molecule has 1 aromatic carbocycles. The Bertz CT molecular complexity index is 340. The summed E-state index contributed by atoms with van der Waals surface area (Å²) in [5, 5.41) is 0. The van der Waals surface area contributed by atoms with Gasteiger partial charge in [-0.15, -0.1) is 6.42 Å². The summed E-state index contributed by atoms with van der Waals surface area (Å²) in [6, 6.07) is 1.81. The van der Waals surface area contributed by atoms with Crippen LogP contribution in [-0.2, 0) is 0 Å². The molecule has 3 heteroatoms. The van der Waals surface area contributed by atoms with E-state index in [0.29, 0.717) is 0 Å². The van der Waals surface area contributed by atoms with Gasteiger partial charge in [-0.05, 0) is 24.6 Å². The summed E-state index contributed by atoms with van der Waals surface area (Å²) < 4.78 is 37.8. The molecule has 0 N–H and O–H groups in total. The molecule has 13 heavy (non-hydrogen) atoms. The first-order valence-electron chi connectivity index (χ1n) is 3.67. The summed E-state index contributed by atoms with van der Waals surface area (Å²) in [5.41, 5.74) is 0.263. The fourth-order valence-corrected chi connectivity index (χ4v) is 0.921. The van der Waals surface area contributed by atoms with E-state index in [1.807, 2.05) is 0 Å². The molecule has 0 amide bonds. The molecular weight excluding hydrogens is 177 g/mol. The van der Waals surface area contributed by atoms with Crippen molar-refractivity contribution in [3.8, 4) is 12.3 Å². The van der Waals surface area contributed by atoms with Crippen molar-refractivity contribution in [1.29, 1.82) is 0 Å². The summed E-state index contributed by atoms with van der Waals surface area (Å²) in [4.78, 5) is 0. The molecule has 68 valence electrons. The summed E-state index contributed by atoms with van der Waals surface area (Å²) in [6.07, 6.45) is 5.05. The third-order valence-corrected chi connectivity index (χ3v) is 1.76. The summed E-state index contributed by atoms with van der Waals surface area (Å²) >= 11 is 0. The van der Waals surface area contributed by atoms with Crippen LogP contribution in [0, 0.1) is 29.8 Å². The van der Waals surface area contributed by atoms with Crippen molar-refractivity contribution in [2.75, 3.05) is 0 Å². The Morgan fingerprint density at radius 2 is 1.69 bits per heavy atom. The predicted molar refractivity (Wildman–Crippen MR) is 43.6 cm³/mol. The van der Waals surface area contributed by atoms with Crippen LogP contribution < -0.4 is 0 Å². The molecule has 0 saturated heterocycles. The molecule has 1 rings (SSSR count). The van der Waals surface area contributed by atoms with E-state index in [0.717, 1.165) is 12.1 Å². The van der Waals surface area contributed by atoms with Gasteiger partial charge in [0.15, 0.2) is 17.5 Å². The smallest absolute Gasteiger partial charge is 0.194 e. The zero-order chi connectivity index (χ0) is 10.0. The van der Waals surface area contributed by atoms with Gasteiger partial charge >= 0.3 is 0 Å². The van der Waals surface area contributed by atoms with Crippen LogP contribution in [0.4, 0.5) is 13.2 Å². The average Bonchev–Trinajstić information content (AvgIpc) is 2.12. The quantitative estimate of drug-likeness (QED) is 0.465. The Kier molecular flexibility index (Phi) is 2.62. The van der Waals surface area contributed by atoms with Gasteiger partial charge in [0.05, 0.1) is 0 Å². The fraction of sp³-hybridized carbons (Fsp3) is 0.200. The van der Waals surface area contributed by atoms with E-state index in [4.69, 9.17) is 6.42 Å². The molecule has 0 aliphatic rings. The molecule has 0 spiro atoms. The van der Waals surface area contributed by atoms with Gasteiger partial charge < -0.3 is 0 Å². The van der Waals surface area contributed by atoms with E-state index in [-0.39, 0.29) is 5.56 Å². The zero-order valence-corrected chi connectivity index (χ0v) is 6.94. The van der Waals surface area contributed by atoms with E-state index in [9.17, 15) is 13.2 Å². The van der Waals surface area contributed by atoms with Crippen LogP contribution >= 0.6 is 0 Å². The second-order valence-corrected chi connectivity index (χ2v) is 2.69. The molecule has 0 aliphatic carbocycles. The lowest BCUT2D eigenvalue weighted by Gasteiger charge is -2.05. The van der Waals surface area contributed by atoms with E-state index >= 15 is 0 Å². The van der Waals surface area contributed by atoms with Crippen LogP contribution in [0.25, 0.3) is 0 Å². The van der Waals surface area contributed by atoms with Crippen LogP contribution in [0.5, 0.6) is 0 Å². The minimum Gasteiger partial charge on any atom is -0.204 e. The van der Waals surface area contributed by atoms with Crippen molar-refractivity contribution >= 4 is 0 Å². The summed E-state index contributed by atoms with van der Waals surface area (Å²) in [5.74, 6) is -2.01. The van der Waals surface area contributed by atoms with Gasteiger partial charge in [-0.1, -0.05) is 5.92 Å². The van der Waals surface area contributed by atoms with Gasteiger partial charge in [-0.3, -0.25) is 0 Å². The van der Waals surface area contributed by atoms with Crippen molar-refractivity contribution in [2.45, 2.75) is 12.8 Å². The fourth-order valence-electron chi connectivity index (χ4n) is 0.921. The van der Waals surface area contributed by atoms with Crippen molar-refractivity contribution in [3.05, 3.63) is 35.1 Å². The zero-order valence-electron chi connectivity index (χ0n) is 6.94. The monoisotopic (exact) mass is 184 g/mol. The maximum atomic E-state index is 12.7. The maximum absolute atomic E-state index is 12.7. The number of hydrogen-bond acceptors (Lipinski definition) is 0. The first-order chi connectivity index (χ1) is 6.06. The molecule has 0 aliphatic heterocycles. The topological polar surface area (TPSA) is 0 Å². The van der Waals surface area contributed by atoms with Crippen molar-refractivity contribution in [3.63, 3.8) is 0 Å². The van der Waals surface area contributed by atoms with Crippen LogP contribution in [0.15, 0.2) is 12.1 Å². The molecule has 0 heterocycles. The third-order valence-electron chi connectivity index (χ3n) is 1.76. The van der Waals surface area contributed by atoms with Gasteiger partial charge in [0.2, 0.25) is 0 Å². The van der Waals surface area contributed by atoms with Gasteiger partial charge in [0.25, 0.3) is 0 Å². The van der Waals surface area contributed by atoms with Gasteiger partial charge in [-0.2, -0.15) is 0 Å². The minimum absolute atomic E-state index is 0.263. The van der Waals surface area contributed by atoms with E-state index in [1.54, 1.807) is 6.92 Å². The van der Waals surface area contributed by atoms with E-state index < -0.39 is 23.4 Å².